The molecule has 0 atom stereocenters. The Bertz CT molecular complexity index is 787. The van der Waals surface area contributed by atoms with E-state index in [1.165, 1.54) is 7.11 Å². The topological polar surface area (TPSA) is 67.4 Å². The maximum atomic E-state index is 12.6. The van der Waals surface area contributed by atoms with Gasteiger partial charge in [-0.15, -0.1) is 0 Å². The minimum Gasteiger partial charge on any atom is -0.495 e. The fourth-order valence-electron chi connectivity index (χ4n) is 2.48. The van der Waals surface area contributed by atoms with E-state index in [1.807, 2.05) is 6.07 Å². The number of benzene rings is 2. The van der Waals surface area contributed by atoms with Crippen LogP contribution in [-0.2, 0) is 9.59 Å². The number of amides is 2. The summed E-state index contributed by atoms with van der Waals surface area (Å²) in [6.45, 7) is 0. The average Bonchev–Trinajstić information content (AvgIpc) is 3.39. The van der Waals surface area contributed by atoms with Crippen molar-refractivity contribution in [3.05, 3.63) is 53.6 Å². The molecule has 5 nitrogen and oxygen atoms in total. The van der Waals surface area contributed by atoms with Gasteiger partial charge in [-0.05, 0) is 37.1 Å². The average molecular weight is 345 g/mol. The van der Waals surface area contributed by atoms with Crippen LogP contribution in [0.2, 0.25) is 5.02 Å². The van der Waals surface area contributed by atoms with Crippen LogP contribution in [0.4, 0.5) is 11.4 Å². The number of para-hydroxylation sites is 3. The van der Waals surface area contributed by atoms with Crippen LogP contribution in [0.5, 0.6) is 5.75 Å². The predicted octanol–water partition coefficient (Wildman–Crippen LogP) is 3.71. The lowest BCUT2D eigenvalue weighted by molar-refractivity contribution is -0.131. The molecule has 3 rings (SSSR count). The van der Waals surface area contributed by atoms with Gasteiger partial charge < -0.3 is 15.4 Å². The van der Waals surface area contributed by atoms with Gasteiger partial charge in [0.2, 0.25) is 11.8 Å². The van der Waals surface area contributed by atoms with Crippen LogP contribution < -0.4 is 15.4 Å². The van der Waals surface area contributed by atoms with Crippen molar-refractivity contribution in [1.29, 1.82) is 0 Å². The highest BCUT2D eigenvalue weighted by Gasteiger charge is 2.56. The summed E-state index contributed by atoms with van der Waals surface area (Å²) >= 11 is 6.06. The molecule has 1 saturated carbocycles. The Morgan fingerprint density at radius 2 is 1.50 bits per heavy atom. The zero-order chi connectivity index (χ0) is 17.2. The highest BCUT2D eigenvalue weighted by Crippen LogP contribution is 2.48. The van der Waals surface area contributed by atoms with Crippen LogP contribution in [0.15, 0.2) is 48.5 Å². The molecule has 1 fully saturated rings. The summed E-state index contributed by atoms with van der Waals surface area (Å²) in [6.07, 6.45) is 1.01. The lowest BCUT2D eigenvalue weighted by Crippen LogP contribution is -2.35. The van der Waals surface area contributed by atoms with Gasteiger partial charge in [0.25, 0.3) is 0 Å². The standard InChI is InChI=1S/C18H17ClN2O3/c1-24-15-9-5-4-8-14(15)21-17(23)18(10-11-18)16(22)20-13-7-3-2-6-12(13)19/h2-9H,10-11H2,1H3,(H,20,22)(H,21,23). The number of hydrogen-bond acceptors (Lipinski definition) is 3. The summed E-state index contributed by atoms with van der Waals surface area (Å²) in [4.78, 5) is 25.2. The molecule has 24 heavy (non-hydrogen) atoms. The molecule has 124 valence electrons. The van der Waals surface area contributed by atoms with Crippen LogP contribution in [0, 0.1) is 5.41 Å². The quantitative estimate of drug-likeness (QED) is 0.812. The number of methoxy groups -OCH3 is 1. The van der Waals surface area contributed by atoms with Crippen molar-refractivity contribution in [2.24, 2.45) is 5.41 Å². The van der Waals surface area contributed by atoms with Crippen molar-refractivity contribution in [1.82, 2.24) is 0 Å². The highest BCUT2D eigenvalue weighted by atomic mass is 35.5. The largest absolute Gasteiger partial charge is 0.495 e. The predicted molar refractivity (Wildman–Crippen MR) is 93.4 cm³/mol. The number of hydrogen-bond donors (Lipinski definition) is 2. The lowest BCUT2D eigenvalue weighted by Gasteiger charge is -2.17. The summed E-state index contributed by atoms with van der Waals surface area (Å²) in [5.41, 5.74) is -0.0117. The van der Waals surface area contributed by atoms with E-state index >= 15 is 0 Å². The van der Waals surface area contributed by atoms with E-state index in [0.29, 0.717) is 35.0 Å². The van der Waals surface area contributed by atoms with Crippen molar-refractivity contribution in [2.45, 2.75) is 12.8 Å². The second-order valence-corrected chi connectivity index (χ2v) is 6.08. The van der Waals surface area contributed by atoms with Crippen molar-refractivity contribution >= 4 is 34.8 Å². The minimum absolute atomic E-state index is 0.337. The fraction of sp³-hybridized carbons (Fsp3) is 0.222. The number of carbonyl (C=O) groups excluding carboxylic acids is 2. The summed E-state index contributed by atoms with van der Waals surface area (Å²) in [7, 11) is 1.53. The first-order valence-electron chi connectivity index (χ1n) is 7.57. The monoisotopic (exact) mass is 344 g/mol. The molecule has 0 aliphatic heterocycles. The summed E-state index contributed by atoms with van der Waals surface area (Å²) < 4.78 is 5.22. The highest BCUT2D eigenvalue weighted by molar-refractivity contribution is 6.34. The molecule has 2 N–H and O–H groups in total. The van der Waals surface area contributed by atoms with Gasteiger partial charge >= 0.3 is 0 Å². The molecule has 2 aromatic rings. The second-order valence-electron chi connectivity index (χ2n) is 5.67. The molecule has 0 saturated heterocycles. The summed E-state index contributed by atoms with van der Waals surface area (Å²) in [5, 5.41) is 5.97. The van der Waals surface area contributed by atoms with Gasteiger partial charge in [-0.3, -0.25) is 9.59 Å². The van der Waals surface area contributed by atoms with E-state index in [9.17, 15) is 9.59 Å². The lowest BCUT2D eigenvalue weighted by atomic mass is 10.0. The second kappa shape index (κ2) is 6.53. The number of carbonyl (C=O) groups is 2. The Labute approximate surface area is 145 Å². The maximum absolute atomic E-state index is 12.6. The van der Waals surface area contributed by atoms with Crippen molar-refractivity contribution < 1.29 is 14.3 Å². The normalized spacial score (nSPS) is 14.6. The Balaban J connectivity index is 1.74. The van der Waals surface area contributed by atoms with Crippen molar-refractivity contribution in [3.63, 3.8) is 0 Å². The van der Waals surface area contributed by atoms with Crippen LogP contribution in [0.1, 0.15) is 12.8 Å². The Kier molecular flexibility index (Phi) is 4.44. The van der Waals surface area contributed by atoms with Crippen LogP contribution in [0.3, 0.4) is 0 Å². The van der Waals surface area contributed by atoms with Crippen molar-refractivity contribution in [2.75, 3.05) is 17.7 Å². The first-order valence-corrected chi connectivity index (χ1v) is 7.95. The molecule has 0 unspecified atom stereocenters. The number of anilines is 2. The van der Waals surface area contributed by atoms with Gasteiger partial charge in [-0.25, -0.2) is 0 Å². The van der Waals surface area contributed by atoms with Gasteiger partial charge in [0, 0.05) is 0 Å². The van der Waals surface area contributed by atoms with Crippen LogP contribution in [0.25, 0.3) is 0 Å². The minimum atomic E-state index is -1.06. The third-order valence-corrected chi connectivity index (χ3v) is 4.43. The molecule has 0 spiro atoms. The third kappa shape index (κ3) is 3.08. The van der Waals surface area contributed by atoms with Gasteiger partial charge in [-0.1, -0.05) is 35.9 Å². The third-order valence-electron chi connectivity index (χ3n) is 4.10. The molecular weight excluding hydrogens is 328 g/mol. The first kappa shape index (κ1) is 16.3. The zero-order valence-corrected chi connectivity index (χ0v) is 13.9. The van der Waals surface area contributed by atoms with E-state index in [2.05, 4.69) is 10.6 Å². The van der Waals surface area contributed by atoms with Crippen molar-refractivity contribution in [3.8, 4) is 5.75 Å². The molecule has 0 aromatic heterocycles. The number of nitrogens with one attached hydrogen (secondary N) is 2. The summed E-state index contributed by atoms with van der Waals surface area (Å²) in [5.74, 6) is -0.132. The Morgan fingerprint density at radius 3 is 2.08 bits per heavy atom. The van der Waals surface area contributed by atoms with Gasteiger partial charge in [0.15, 0.2) is 0 Å². The number of halogens is 1. The molecule has 0 bridgehead atoms. The molecule has 0 heterocycles. The van der Waals surface area contributed by atoms with Crippen LogP contribution in [-0.4, -0.2) is 18.9 Å². The molecule has 6 heteroatoms. The van der Waals surface area contributed by atoms with E-state index in [0.717, 1.165) is 0 Å². The number of rotatable bonds is 5. The fourth-order valence-corrected chi connectivity index (χ4v) is 2.66. The molecule has 0 radical (unpaired) electrons. The Hall–Kier alpha value is -2.53. The molecule has 1 aliphatic rings. The maximum Gasteiger partial charge on any atom is 0.240 e. The SMILES string of the molecule is COc1ccccc1NC(=O)C1(C(=O)Nc2ccccc2Cl)CC1. The molecule has 2 amide bonds. The van der Waals surface area contributed by atoms with E-state index < -0.39 is 5.41 Å². The summed E-state index contributed by atoms with van der Waals surface area (Å²) in [6, 6.07) is 14.0. The van der Waals surface area contributed by atoms with E-state index in [4.69, 9.17) is 16.3 Å². The molecular formula is C18H17ClN2O3. The van der Waals surface area contributed by atoms with Gasteiger partial charge in [0.05, 0.1) is 23.5 Å². The number of ether oxygens (including phenoxy) is 1. The van der Waals surface area contributed by atoms with E-state index in [-0.39, 0.29) is 11.8 Å². The van der Waals surface area contributed by atoms with Gasteiger partial charge in [-0.2, -0.15) is 0 Å². The van der Waals surface area contributed by atoms with Crippen LogP contribution >= 0.6 is 11.6 Å². The molecule has 1 aliphatic carbocycles. The van der Waals surface area contributed by atoms with Gasteiger partial charge in [0.1, 0.15) is 11.2 Å². The molecule has 2 aromatic carbocycles. The Morgan fingerprint density at radius 1 is 0.958 bits per heavy atom. The smallest absolute Gasteiger partial charge is 0.240 e. The zero-order valence-electron chi connectivity index (χ0n) is 13.1. The first-order chi connectivity index (χ1) is 11.6. The van der Waals surface area contributed by atoms with E-state index in [1.54, 1.807) is 42.5 Å².